The van der Waals surface area contributed by atoms with E-state index in [0.29, 0.717) is 5.82 Å². The lowest BCUT2D eigenvalue weighted by molar-refractivity contribution is -0.140. The van der Waals surface area contributed by atoms with Gasteiger partial charge < -0.3 is 25.4 Å². The van der Waals surface area contributed by atoms with Gasteiger partial charge in [-0.15, -0.1) is 0 Å². The van der Waals surface area contributed by atoms with Gasteiger partial charge in [0.15, 0.2) is 0 Å². The van der Waals surface area contributed by atoms with E-state index in [9.17, 15) is 14.4 Å². The zero-order chi connectivity index (χ0) is 15.8. The number of hydrogen-bond donors (Lipinski definition) is 4. The molecule has 9 nitrogen and oxygen atoms in total. The number of aryl methyl sites for hydroxylation is 1. The highest BCUT2D eigenvalue weighted by Crippen LogP contribution is 2.02. The maximum Gasteiger partial charge on any atom is 0.326 e. The van der Waals surface area contributed by atoms with E-state index in [-0.39, 0.29) is 25.8 Å². The fourth-order valence-corrected chi connectivity index (χ4v) is 1.65. The van der Waals surface area contributed by atoms with Gasteiger partial charge in [0.05, 0.1) is 6.54 Å². The first-order valence-electron chi connectivity index (χ1n) is 6.35. The molecule has 1 aromatic heterocycles. The minimum absolute atomic E-state index is 0.0530. The number of carboxylic acids is 2. The van der Waals surface area contributed by atoms with Gasteiger partial charge in [-0.25, -0.2) is 14.6 Å². The number of imidazole rings is 1. The molecule has 1 atom stereocenters. The molecule has 0 saturated carbocycles. The predicted molar refractivity (Wildman–Crippen MR) is 71.5 cm³/mol. The Morgan fingerprint density at radius 2 is 2.10 bits per heavy atom. The minimum atomic E-state index is -1.20. The molecule has 21 heavy (non-hydrogen) atoms. The van der Waals surface area contributed by atoms with Crippen molar-refractivity contribution in [1.29, 1.82) is 0 Å². The van der Waals surface area contributed by atoms with Gasteiger partial charge in [0.1, 0.15) is 11.9 Å². The first-order valence-corrected chi connectivity index (χ1v) is 6.35. The van der Waals surface area contributed by atoms with E-state index in [1.54, 1.807) is 24.0 Å². The van der Waals surface area contributed by atoms with Crippen molar-refractivity contribution in [3.63, 3.8) is 0 Å². The first-order chi connectivity index (χ1) is 9.90. The van der Waals surface area contributed by atoms with E-state index in [0.717, 1.165) is 0 Å². The first kappa shape index (κ1) is 16.5. The standard InChI is InChI=1S/C12H18N4O5/c1-16-6-5-13-9(16)7-14-12(21)15-8(11(19)20)3-2-4-10(17)18/h5-6,8H,2-4,7H2,1H3,(H,17,18)(H,19,20)(H2,14,15,21)/t8-/m1/s1. The number of rotatable bonds is 8. The average Bonchev–Trinajstić information content (AvgIpc) is 2.80. The number of urea groups is 1. The Morgan fingerprint density at radius 3 is 2.62 bits per heavy atom. The second-order valence-corrected chi connectivity index (χ2v) is 4.46. The molecule has 116 valence electrons. The van der Waals surface area contributed by atoms with Crippen LogP contribution in [-0.4, -0.2) is 43.8 Å². The molecular weight excluding hydrogens is 280 g/mol. The minimum Gasteiger partial charge on any atom is -0.481 e. The van der Waals surface area contributed by atoms with Crippen molar-refractivity contribution in [3.8, 4) is 0 Å². The number of carbonyl (C=O) groups is 3. The summed E-state index contributed by atoms with van der Waals surface area (Å²) >= 11 is 0. The number of carboxylic acid groups (broad SMARTS) is 2. The fourth-order valence-electron chi connectivity index (χ4n) is 1.65. The van der Waals surface area contributed by atoms with Crippen LogP contribution in [-0.2, 0) is 23.2 Å². The summed E-state index contributed by atoms with van der Waals surface area (Å²) in [5.41, 5.74) is 0. The number of carbonyl (C=O) groups excluding carboxylic acids is 1. The number of nitrogens with zero attached hydrogens (tertiary/aromatic N) is 2. The van der Waals surface area contributed by atoms with Gasteiger partial charge in [-0.3, -0.25) is 4.79 Å². The molecule has 0 radical (unpaired) electrons. The summed E-state index contributed by atoms with van der Waals surface area (Å²) in [7, 11) is 1.77. The monoisotopic (exact) mass is 298 g/mol. The molecule has 0 aromatic carbocycles. The molecule has 0 aliphatic carbocycles. The van der Waals surface area contributed by atoms with Crippen molar-refractivity contribution in [2.24, 2.45) is 7.05 Å². The van der Waals surface area contributed by atoms with Crippen LogP contribution in [0.3, 0.4) is 0 Å². The molecule has 0 aliphatic heterocycles. The summed E-state index contributed by atoms with van der Waals surface area (Å²) in [6, 6.07) is -1.76. The Kier molecular flexibility index (Phi) is 6.18. The maximum absolute atomic E-state index is 11.6. The summed E-state index contributed by atoms with van der Waals surface area (Å²) in [6.45, 7) is 0.163. The third-order valence-corrected chi connectivity index (χ3v) is 2.81. The van der Waals surface area contributed by atoms with Crippen LogP contribution < -0.4 is 10.6 Å². The molecule has 1 rings (SSSR count). The third-order valence-electron chi connectivity index (χ3n) is 2.81. The van der Waals surface area contributed by atoms with Crippen LogP contribution in [0.4, 0.5) is 4.79 Å². The molecule has 4 N–H and O–H groups in total. The highest BCUT2D eigenvalue weighted by molar-refractivity contribution is 5.82. The predicted octanol–water partition coefficient (Wildman–Crippen LogP) is -0.0726. The van der Waals surface area contributed by atoms with Crippen LogP contribution in [0.2, 0.25) is 0 Å². The Balaban J connectivity index is 2.39. The van der Waals surface area contributed by atoms with Gasteiger partial charge in [0.25, 0.3) is 0 Å². The summed E-state index contributed by atoms with van der Waals surface area (Å²) in [4.78, 5) is 37.0. The number of amides is 2. The molecule has 0 saturated heterocycles. The fraction of sp³-hybridized carbons (Fsp3) is 0.500. The molecule has 0 bridgehead atoms. The van der Waals surface area contributed by atoms with E-state index in [1.165, 1.54) is 0 Å². The van der Waals surface area contributed by atoms with Crippen molar-refractivity contribution >= 4 is 18.0 Å². The Hall–Kier alpha value is -2.58. The van der Waals surface area contributed by atoms with Crippen molar-refractivity contribution in [1.82, 2.24) is 20.2 Å². The molecular formula is C12H18N4O5. The number of aromatic nitrogens is 2. The van der Waals surface area contributed by atoms with Gasteiger partial charge in [0, 0.05) is 25.9 Å². The topological polar surface area (TPSA) is 134 Å². The maximum atomic E-state index is 11.6. The van der Waals surface area contributed by atoms with Crippen molar-refractivity contribution in [2.45, 2.75) is 31.8 Å². The number of hydrogen-bond acceptors (Lipinski definition) is 4. The van der Waals surface area contributed by atoms with Gasteiger partial charge in [-0.1, -0.05) is 0 Å². The van der Waals surface area contributed by atoms with Crippen molar-refractivity contribution in [3.05, 3.63) is 18.2 Å². The van der Waals surface area contributed by atoms with Crippen LogP contribution in [0.5, 0.6) is 0 Å². The van der Waals surface area contributed by atoms with Crippen LogP contribution >= 0.6 is 0 Å². The van der Waals surface area contributed by atoms with Crippen molar-refractivity contribution in [2.75, 3.05) is 0 Å². The van der Waals surface area contributed by atoms with Gasteiger partial charge in [-0.2, -0.15) is 0 Å². The Morgan fingerprint density at radius 1 is 1.38 bits per heavy atom. The molecule has 0 fully saturated rings. The van der Waals surface area contributed by atoms with Crippen molar-refractivity contribution < 1.29 is 24.6 Å². The molecule has 1 aromatic rings. The molecule has 1 heterocycles. The quantitative estimate of drug-likeness (QED) is 0.530. The van der Waals surface area contributed by atoms with Crippen LogP contribution in [0.1, 0.15) is 25.1 Å². The van der Waals surface area contributed by atoms with Gasteiger partial charge >= 0.3 is 18.0 Å². The van der Waals surface area contributed by atoms with Crippen LogP contribution in [0, 0.1) is 0 Å². The van der Waals surface area contributed by atoms with Gasteiger partial charge in [-0.05, 0) is 12.8 Å². The average molecular weight is 298 g/mol. The smallest absolute Gasteiger partial charge is 0.326 e. The van der Waals surface area contributed by atoms with E-state index in [2.05, 4.69) is 15.6 Å². The summed E-state index contributed by atoms with van der Waals surface area (Å²) in [5.74, 6) is -1.58. The highest BCUT2D eigenvalue weighted by Gasteiger charge is 2.19. The highest BCUT2D eigenvalue weighted by atomic mass is 16.4. The molecule has 9 heteroatoms. The number of aliphatic carboxylic acids is 2. The summed E-state index contributed by atoms with van der Waals surface area (Å²) in [6.07, 6.45) is 3.39. The number of nitrogens with one attached hydrogen (secondary N) is 2. The van der Waals surface area contributed by atoms with Crippen LogP contribution in [0.25, 0.3) is 0 Å². The normalized spacial score (nSPS) is 11.7. The van der Waals surface area contributed by atoms with E-state index in [4.69, 9.17) is 10.2 Å². The largest absolute Gasteiger partial charge is 0.481 e. The lowest BCUT2D eigenvalue weighted by atomic mass is 10.1. The zero-order valence-corrected chi connectivity index (χ0v) is 11.6. The lowest BCUT2D eigenvalue weighted by Gasteiger charge is -2.14. The van der Waals surface area contributed by atoms with Gasteiger partial charge in [0.2, 0.25) is 0 Å². The van der Waals surface area contributed by atoms with E-state index < -0.39 is 24.0 Å². The summed E-state index contributed by atoms with van der Waals surface area (Å²) < 4.78 is 1.72. The third kappa shape index (κ3) is 5.93. The Bertz CT molecular complexity index is 514. The second kappa shape index (κ2) is 7.88. The molecule has 0 aliphatic rings. The second-order valence-electron chi connectivity index (χ2n) is 4.46. The molecule has 2 amide bonds. The molecule has 0 unspecified atom stereocenters. The van der Waals surface area contributed by atoms with E-state index in [1.807, 2.05) is 0 Å². The van der Waals surface area contributed by atoms with Crippen LogP contribution in [0.15, 0.2) is 12.4 Å². The van der Waals surface area contributed by atoms with E-state index >= 15 is 0 Å². The summed E-state index contributed by atoms with van der Waals surface area (Å²) in [5, 5.41) is 22.3. The lowest BCUT2D eigenvalue weighted by Crippen LogP contribution is -2.46. The zero-order valence-electron chi connectivity index (χ0n) is 11.6. The Labute approximate surface area is 121 Å². The molecule has 0 spiro atoms. The SMILES string of the molecule is Cn1ccnc1CNC(=O)N[C@H](CCCC(=O)O)C(=O)O.